The molecule has 0 saturated carbocycles. The first-order valence-electron chi connectivity index (χ1n) is 8.27. The van der Waals surface area contributed by atoms with E-state index in [9.17, 15) is 4.79 Å². The van der Waals surface area contributed by atoms with Gasteiger partial charge < -0.3 is 14.8 Å². The third kappa shape index (κ3) is 6.52. The molecule has 4 heteroatoms. The molecule has 0 aliphatic rings. The van der Waals surface area contributed by atoms with Crippen molar-refractivity contribution >= 4 is 5.91 Å². The van der Waals surface area contributed by atoms with Gasteiger partial charge in [-0.25, -0.2) is 0 Å². The van der Waals surface area contributed by atoms with E-state index in [0.29, 0.717) is 32.8 Å². The second kappa shape index (κ2) is 10.6. The van der Waals surface area contributed by atoms with Crippen LogP contribution in [0.3, 0.4) is 0 Å². The fraction of sp³-hybridized carbons (Fsp3) is 0.350. The molecule has 0 atom stereocenters. The van der Waals surface area contributed by atoms with Gasteiger partial charge >= 0.3 is 0 Å². The number of benzene rings is 2. The number of amides is 1. The number of carbonyl (C=O) groups excluding carboxylic acids is 1. The van der Waals surface area contributed by atoms with Gasteiger partial charge in [-0.1, -0.05) is 54.6 Å². The summed E-state index contributed by atoms with van der Waals surface area (Å²) in [4.78, 5) is 11.9. The summed E-state index contributed by atoms with van der Waals surface area (Å²) < 4.78 is 10.2. The summed E-state index contributed by atoms with van der Waals surface area (Å²) in [7, 11) is 1.65. The van der Waals surface area contributed by atoms with Crippen LogP contribution in [0.25, 0.3) is 11.1 Å². The zero-order chi connectivity index (χ0) is 17.0. The van der Waals surface area contributed by atoms with E-state index in [0.717, 1.165) is 17.5 Å². The van der Waals surface area contributed by atoms with Crippen LogP contribution in [-0.2, 0) is 20.7 Å². The van der Waals surface area contributed by atoms with E-state index in [1.807, 2.05) is 30.3 Å². The van der Waals surface area contributed by atoms with Crippen LogP contribution in [0.1, 0.15) is 12.0 Å². The maximum Gasteiger partial charge on any atom is 0.224 e. The summed E-state index contributed by atoms with van der Waals surface area (Å²) >= 11 is 0. The minimum atomic E-state index is 0.0411. The van der Waals surface area contributed by atoms with Crippen LogP contribution in [0, 0.1) is 0 Å². The second-order valence-corrected chi connectivity index (χ2v) is 5.55. The Hall–Kier alpha value is -2.17. The molecule has 0 spiro atoms. The lowest BCUT2D eigenvalue weighted by atomic mass is 10.0. The van der Waals surface area contributed by atoms with Gasteiger partial charge in [0.1, 0.15) is 0 Å². The van der Waals surface area contributed by atoms with E-state index < -0.39 is 0 Å². The quantitative estimate of drug-likeness (QED) is 0.682. The van der Waals surface area contributed by atoms with E-state index in [1.165, 1.54) is 5.56 Å². The van der Waals surface area contributed by atoms with Gasteiger partial charge in [-0.15, -0.1) is 0 Å². The first kappa shape index (κ1) is 18.2. The average Bonchev–Trinajstić information content (AvgIpc) is 2.62. The predicted octanol–water partition coefficient (Wildman–Crippen LogP) is 3.07. The zero-order valence-corrected chi connectivity index (χ0v) is 14.2. The second-order valence-electron chi connectivity index (χ2n) is 5.55. The zero-order valence-electron chi connectivity index (χ0n) is 14.2. The molecule has 0 aromatic heterocycles. The van der Waals surface area contributed by atoms with E-state index in [-0.39, 0.29) is 5.91 Å². The van der Waals surface area contributed by atoms with Gasteiger partial charge in [-0.05, 0) is 23.1 Å². The molecule has 0 heterocycles. The summed E-state index contributed by atoms with van der Waals surface area (Å²) in [6, 6.07) is 18.3. The van der Waals surface area contributed by atoms with Gasteiger partial charge in [-0.2, -0.15) is 0 Å². The van der Waals surface area contributed by atoms with Crippen molar-refractivity contribution in [3.05, 3.63) is 60.2 Å². The minimum Gasteiger partial charge on any atom is -0.382 e. The predicted molar refractivity (Wildman–Crippen MR) is 95.9 cm³/mol. The van der Waals surface area contributed by atoms with E-state index in [1.54, 1.807) is 7.11 Å². The van der Waals surface area contributed by atoms with Crippen molar-refractivity contribution in [1.82, 2.24) is 5.32 Å². The SMILES string of the molecule is COCCOCCCNC(=O)Cc1ccc(-c2ccccc2)cc1. The number of hydrogen-bond acceptors (Lipinski definition) is 3. The lowest BCUT2D eigenvalue weighted by Crippen LogP contribution is -2.26. The third-order valence-corrected chi connectivity index (χ3v) is 3.65. The highest BCUT2D eigenvalue weighted by molar-refractivity contribution is 5.78. The molecule has 0 aliphatic heterocycles. The molecular weight excluding hydrogens is 302 g/mol. The van der Waals surface area contributed by atoms with Crippen LogP contribution in [-0.4, -0.2) is 39.4 Å². The fourth-order valence-electron chi connectivity index (χ4n) is 2.34. The van der Waals surface area contributed by atoms with E-state index in [4.69, 9.17) is 9.47 Å². The van der Waals surface area contributed by atoms with Gasteiger partial charge in [0.05, 0.1) is 19.6 Å². The summed E-state index contributed by atoms with van der Waals surface area (Å²) in [5.41, 5.74) is 3.36. The molecule has 0 aliphatic carbocycles. The Morgan fingerprint density at radius 2 is 1.62 bits per heavy atom. The Labute approximate surface area is 143 Å². The van der Waals surface area contributed by atoms with Gasteiger partial charge in [0.25, 0.3) is 0 Å². The lowest BCUT2D eigenvalue weighted by Gasteiger charge is -2.07. The smallest absolute Gasteiger partial charge is 0.224 e. The number of carbonyl (C=O) groups is 1. The molecule has 0 unspecified atom stereocenters. The molecule has 0 radical (unpaired) electrons. The molecule has 1 amide bonds. The van der Waals surface area contributed by atoms with Crippen molar-refractivity contribution in [2.24, 2.45) is 0 Å². The molecule has 128 valence electrons. The van der Waals surface area contributed by atoms with Crippen molar-refractivity contribution in [2.75, 3.05) is 33.5 Å². The van der Waals surface area contributed by atoms with Crippen LogP contribution in [0.4, 0.5) is 0 Å². The molecule has 0 fully saturated rings. The van der Waals surface area contributed by atoms with Crippen molar-refractivity contribution in [1.29, 1.82) is 0 Å². The Kier molecular flexibility index (Phi) is 8.01. The van der Waals surface area contributed by atoms with Gasteiger partial charge in [0.15, 0.2) is 0 Å². The Balaban J connectivity index is 1.69. The van der Waals surface area contributed by atoms with Crippen molar-refractivity contribution < 1.29 is 14.3 Å². The van der Waals surface area contributed by atoms with E-state index in [2.05, 4.69) is 29.6 Å². The lowest BCUT2D eigenvalue weighted by molar-refractivity contribution is -0.120. The van der Waals surface area contributed by atoms with Crippen molar-refractivity contribution in [2.45, 2.75) is 12.8 Å². The molecule has 2 aromatic carbocycles. The topological polar surface area (TPSA) is 47.6 Å². The van der Waals surface area contributed by atoms with Crippen LogP contribution < -0.4 is 5.32 Å². The molecule has 2 aromatic rings. The Morgan fingerprint density at radius 3 is 2.33 bits per heavy atom. The molecule has 4 nitrogen and oxygen atoms in total. The van der Waals surface area contributed by atoms with Gasteiger partial charge in [0.2, 0.25) is 5.91 Å². The van der Waals surface area contributed by atoms with Gasteiger partial charge in [0, 0.05) is 20.3 Å². The summed E-state index contributed by atoms with van der Waals surface area (Å²) in [5.74, 6) is 0.0411. The molecule has 0 saturated heterocycles. The summed E-state index contributed by atoms with van der Waals surface area (Å²) in [6.45, 7) is 2.47. The summed E-state index contributed by atoms with van der Waals surface area (Å²) in [5, 5.41) is 2.92. The van der Waals surface area contributed by atoms with Crippen molar-refractivity contribution in [3.8, 4) is 11.1 Å². The van der Waals surface area contributed by atoms with E-state index >= 15 is 0 Å². The third-order valence-electron chi connectivity index (χ3n) is 3.65. The highest BCUT2D eigenvalue weighted by atomic mass is 16.5. The molecule has 1 N–H and O–H groups in total. The maximum atomic E-state index is 11.9. The molecule has 2 rings (SSSR count). The minimum absolute atomic E-state index is 0.0411. The first-order valence-corrected chi connectivity index (χ1v) is 8.27. The normalized spacial score (nSPS) is 10.5. The number of nitrogens with one attached hydrogen (secondary N) is 1. The number of rotatable bonds is 10. The number of methoxy groups -OCH3 is 1. The maximum absolute atomic E-state index is 11.9. The standard InChI is InChI=1S/C20H25NO3/c1-23-14-15-24-13-5-12-21-20(22)16-17-8-10-19(11-9-17)18-6-3-2-4-7-18/h2-4,6-11H,5,12-16H2,1H3,(H,21,22). The molecular formula is C20H25NO3. The first-order chi connectivity index (χ1) is 11.8. The molecule has 24 heavy (non-hydrogen) atoms. The largest absolute Gasteiger partial charge is 0.382 e. The van der Waals surface area contributed by atoms with Crippen LogP contribution in [0.15, 0.2) is 54.6 Å². The number of ether oxygens (including phenoxy) is 2. The highest BCUT2D eigenvalue weighted by Crippen LogP contribution is 2.19. The number of hydrogen-bond donors (Lipinski definition) is 1. The summed E-state index contributed by atoms with van der Waals surface area (Å²) in [6.07, 6.45) is 1.21. The molecule has 0 bridgehead atoms. The van der Waals surface area contributed by atoms with Crippen LogP contribution in [0.5, 0.6) is 0 Å². The van der Waals surface area contributed by atoms with Gasteiger partial charge in [-0.3, -0.25) is 4.79 Å². The van der Waals surface area contributed by atoms with Crippen LogP contribution >= 0.6 is 0 Å². The highest BCUT2D eigenvalue weighted by Gasteiger charge is 2.03. The Bertz CT molecular complexity index is 596. The monoisotopic (exact) mass is 327 g/mol. The average molecular weight is 327 g/mol. The van der Waals surface area contributed by atoms with Crippen molar-refractivity contribution in [3.63, 3.8) is 0 Å². The van der Waals surface area contributed by atoms with Crippen LogP contribution in [0.2, 0.25) is 0 Å². The Morgan fingerprint density at radius 1 is 0.917 bits per heavy atom. The fourth-order valence-corrected chi connectivity index (χ4v) is 2.34.